The molecule has 2 amide bonds. The molecule has 0 radical (unpaired) electrons. The van der Waals surface area contributed by atoms with Crippen LogP contribution in [0.5, 0.6) is 0 Å². The summed E-state index contributed by atoms with van der Waals surface area (Å²) in [4.78, 5) is 44.7. The maximum atomic E-state index is 14.3. The Balaban J connectivity index is 1.73. The first-order chi connectivity index (χ1) is 20.9. The number of benzene rings is 1. The number of carbonyl (C=O) groups is 3. The van der Waals surface area contributed by atoms with Crippen LogP contribution in [0.3, 0.4) is 0 Å². The van der Waals surface area contributed by atoms with Crippen LogP contribution >= 0.6 is 23.2 Å². The van der Waals surface area contributed by atoms with Gasteiger partial charge in [0.25, 0.3) is 5.91 Å². The van der Waals surface area contributed by atoms with Crippen LogP contribution in [0.1, 0.15) is 91.0 Å². The molecular weight excluding hydrogens is 630 g/mol. The number of hydrogen-bond acceptors (Lipinski definition) is 4. The summed E-state index contributed by atoms with van der Waals surface area (Å²) in [7, 11) is 0. The van der Waals surface area contributed by atoms with Crippen LogP contribution in [0.25, 0.3) is 0 Å². The molecule has 1 spiro atoms. The number of aliphatic imine (C=N–C) groups is 1. The Morgan fingerprint density at radius 1 is 1.09 bits per heavy atom. The largest absolute Gasteiger partial charge is 0.481 e. The molecule has 246 valence electrons. The summed E-state index contributed by atoms with van der Waals surface area (Å²) >= 11 is 12.5. The highest BCUT2D eigenvalue weighted by Crippen LogP contribution is 2.49. The number of carboxylic acids is 1. The van der Waals surface area contributed by atoms with Crippen molar-refractivity contribution < 1.29 is 32.7 Å². The molecule has 12 heteroatoms. The topological polar surface area (TPSA) is 99.1 Å². The van der Waals surface area contributed by atoms with E-state index in [1.54, 1.807) is 36.1 Å². The number of halogens is 5. The van der Waals surface area contributed by atoms with E-state index in [9.17, 15) is 27.6 Å². The zero-order valence-electron chi connectivity index (χ0n) is 25.9. The highest BCUT2D eigenvalue weighted by atomic mass is 35.5. The van der Waals surface area contributed by atoms with Crippen LogP contribution < -0.4 is 5.32 Å². The van der Waals surface area contributed by atoms with Gasteiger partial charge in [-0.1, -0.05) is 56.1 Å². The van der Waals surface area contributed by atoms with Gasteiger partial charge in [-0.3, -0.25) is 19.4 Å². The monoisotopic (exact) mass is 669 g/mol. The number of alkyl halides is 3. The molecule has 3 aliphatic rings. The predicted molar refractivity (Wildman–Crippen MR) is 168 cm³/mol. The molecule has 2 atom stereocenters. The van der Waals surface area contributed by atoms with Crippen molar-refractivity contribution in [1.82, 2.24) is 10.2 Å². The minimum absolute atomic E-state index is 0.0212. The van der Waals surface area contributed by atoms with E-state index in [4.69, 9.17) is 33.3 Å². The van der Waals surface area contributed by atoms with Crippen molar-refractivity contribution in [3.8, 4) is 0 Å². The lowest BCUT2D eigenvalue weighted by atomic mass is 9.69. The first-order valence-electron chi connectivity index (χ1n) is 15.3. The Labute approximate surface area is 271 Å². The SMILES string of the molecule is C[C@@H](CC(=O)O)NC(=O)C1=CC=C(C(CCC(F)(F)F)N2C(=O)C(c3cc(Cl)cc(Cl)c3)=NC23CCC(C(C)(C)C)CC3)CC1. The molecular formula is C33H40Cl2F3N3O4. The van der Waals surface area contributed by atoms with E-state index in [-0.39, 0.29) is 36.8 Å². The quantitative estimate of drug-likeness (QED) is 0.279. The van der Waals surface area contributed by atoms with Crippen LogP contribution in [0, 0.1) is 11.3 Å². The van der Waals surface area contributed by atoms with Gasteiger partial charge in [0.05, 0.1) is 12.5 Å². The molecule has 2 N–H and O–H groups in total. The first kappa shape index (κ1) is 35.0. The van der Waals surface area contributed by atoms with Gasteiger partial charge in [-0.2, -0.15) is 13.2 Å². The molecule has 1 fully saturated rings. The minimum atomic E-state index is -4.45. The summed E-state index contributed by atoms with van der Waals surface area (Å²) in [6, 6.07) is 3.21. The molecule has 1 aliphatic heterocycles. The molecule has 0 bridgehead atoms. The van der Waals surface area contributed by atoms with Gasteiger partial charge < -0.3 is 15.3 Å². The summed E-state index contributed by atoms with van der Waals surface area (Å²) in [5, 5.41) is 12.3. The fraction of sp³-hybridized carbons (Fsp3) is 0.576. The van der Waals surface area contributed by atoms with E-state index in [0.717, 1.165) is 12.8 Å². The minimum Gasteiger partial charge on any atom is -0.481 e. The molecule has 1 aromatic carbocycles. The Hall–Kier alpha value is -2.85. The van der Waals surface area contributed by atoms with Gasteiger partial charge in [-0.25, -0.2) is 0 Å². The Kier molecular flexibility index (Phi) is 10.5. The van der Waals surface area contributed by atoms with Gasteiger partial charge in [-0.15, -0.1) is 0 Å². The van der Waals surface area contributed by atoms with Gasteiger partial charge in [0.2, 0.25) is 5.91 Å². The highest BCUT2D eigenvalue weighted by molar-refractivity contribution is 6.48. The van der Waals surface area contributed by atoms with Crippen molar-refractivity contribution in [2.45, 2.75) is 109 Å². The third-order valence-corrected chi connectivity index (χ3v) is 9.55. The number of nitrogens with one attached hydrogen (secondary N) is 1. The van der Waals surface area contributed by atoms with E-state index in [2.05, 4.69) is 26.1 Å². The molecule has 7 nitrogen and oxygen atoms in total. The van der Waals surface area contributed by atoms with Gasteiger partial charge in [0.1, 0.15) is 11.4 Å². The first-order valence-corrected chi connectivity index (χ1v) is 16.0. The lowest BCUT2D eigenvalue weighted by molar-refractivity contribution is -0.145. The molecule has 1 unspecified atom stereocenters. The highest BCUT2D eigenvalue weighted by Gasteiger charge is 2.53. The van der Waals surface area contributed by atoms with Crippen molar-refractivity contribution in [2.24, 2.45) is 16.3 Å². The summed E-state index contributed by atoms with van der Waals surface area (Å²) in [5.41, 5.74) is 0.537. The molecule has 1 aromatic rings. The standard InChI is InChI=1S/C33H40Cl2F3N3O4/c1-19(15-27(42)43)39-29(44)21-7-5-20(6-8-21)26(11-14-33(36,37)38)41-30(45)28(22-16-24(34)18-25(35)17-22)40-32(41)12-9-23(10-13-32)31(2,3)4/h5,7,16-19,23,26H,6,8-15H2,1-4H3,(H,39,44)(H,42,43)/t19-,23?,26?,32?/m0/s1. The second-order valence-electron chi connectivity index (χ2n) is 13.5. The second kappa shape index (κ2) is 13.5. The predicted octanol–water partition coefficient (Wildman–Crippen LogP) is 7.89. The van der Waals surface area contributed by atoms with Crippen molar-refractivity contribution >= 4 is 46.7 Å². The maximum absolute atomic E-state index is 14.3. The lowest BCUT2D eigenvalue weighted by Crippen LogP contribution is -2.55. The fourth-order valence-electron chi connectivity index (χ4n) is 6.75. The molecule has 4 rings (SSSR count). The number of rotatable bonds is 9. The van der Waals surface area contributed by atoms with Crippen molar-refractivity contribution in [3.05, 3.63) is 57.1 Å². The summed E-state index contributed by atoms with van der Waals surface area (Å²) < 4.78 is 41.1. The molecule has 1 saturated carbocycles. The number of allylic oxidation sites excluding steroid dienone is 2. The molecule has 1 heterocycles. The third kappa shape index (κ3) is 8.50. The lowest BCUT2D eigenvalue weighted by Gasteiger charge is -2.48. The van der Waals surface area contributed by atoms with Crippen molar-refractivity contribution in [1.29, 1.82) is 0 Å². The number of carbonyl (C=O) groups excluding carboxylic acids is 2. The number of hydrogen-bond donors (Lipinski definition) is 2. The molecule has 0 saturated heterocycles. The van der Waals surface area contributed by atoms with Gasteiger partial charge in [-0.05, 0) is 87.0 Å². The normalized spacial score (nSPS) is 23.8. The Morgan fingerprint density at radius 2 is 1.71 bits per heavy atom. The van der Waals surface area contributed by atoms with Gasteiger partial charge in [0.15, 0.2) is 0 Å². The van der Waals surface area contributed by atoms with Crippen LogP contribution in [-0.4, -0.2) is 57.4 Å². The van der Waals surface area contributed by atoms with Gasteiger partial charge >= 0.3 is 12.1 Å². The zero-order chi connectivity index (χ0) is 33.3. The Bertz CT molecular complexity index is 1400. The third-order valence-electron chi connectivity index (χ3n) is 9.11. The average Bonchev–Trinajstić information content (AvgIpc) is 3.18. The summed E-state index contributed by atoms with van der Waals surface area (Å²) in [6.45, 7) is 8.08. The van der Waals surface area contributed by atoms with Crippen molar-refractivity contribution in [3.63, 3.8) is 0 Å². The van der Waals surface area contributed by atoms with E-state index in [0.29, 0.717) is 45.5 Å². The maximum Gasteiger partial charge on any atom is 0.389 e. The summed E-state index contributed by atoms with van der Waals surface area (Å²) in [6.07, 6.45) is 0.0655. The summed E-state index contributed by atoms with van der Waals surface area (Å²) in [5.74, 6) is -1.58. The van der Waals surface area contributed by atoms with Crippen LogP contribution in [0.2, 0.25) is 10.0 Å². The van der Waals surface area contributed by atoms with Gasteiger partial charge in [0, 0.05) is 33.6 Å². The van der Waals surface area contributed by atoms with E-state index >= 15 is 0 Å². The van der Waals surface area contributed by atoms with Crippen LogP contribution in [0.4, 0.5) is 13.2 Å². The van der Waals surface area contributed by atoms with E-state index < -0.39 is 48.1 Å². The molecule has 0 aromatic heterocycles. The second-order valence-corrected chi connectivity index (χ2v) is 14.4. The Morgan fingerprint density at radius 3 is 2.22 bits per heavy atom. The van der Waals surface area contributed by atoms with Crippen LogP contribution in [-0.2, 0) is 14.4 Å². The fourth-order valence-corrected chi connectivity index (χ4v) is 7.28. The molecule has 2 aliphatic carbocycles. The number of amides is 2. The van der Waals surface area contributed by atoms with E-state index in [1.165, 1.54) is 6.07 Å². The molecule has 45 heavy (non-hydrogen) atoms. The smallest absolute Gasteiger partial charge is 0.389 e. The van der Waals surface area contributed by atoms with Crippen LogP contribution in [0.15, 0.2) is 46.5 Å². The van der Waals surface area contributed by atoms with Crippen molar-refractivity contribution in [2.75, 3.05) is 0 Å². The number of aliphatic carboxylic acids is 1. The number of carboxylic acid groups (broad SMARTS) is 1. The average molecular weight is 671 g/mol. The number of nitrogens with zero attached hydrogens (tertiary/aromatic N) is 2. The van der Waals surface area contributed by atoms with E-state index in [1.807, 2.05) is 0 Å². The zero-order valence-corrected chi connectivity index (χ0v) is 27.5.